The highest BCUT2D eigenvalue weighted by molar-refractivity contribution is 5.90. The first kappa shape index (κ1) is 30.9. The number of aliphatic imine (C=N–C) groups is 2. The van der Waals surface area contributed by atoms with Gasteiger partial charge in [0.05, 0.1) is 21.2 Å². The summed E-state index contributed by atoms with van der Waals surface area (Å²) in [6.07, 6.45) is 2.96. The molecule has 0 saturated carbocycles. The second kappa shape index (κ2) is 14.3. The lowest BCUT2D eigenvalue weighted by Crippen LogP contribution is -1.97. The minimum atomic E-state index is -0.478. The molecule has 12 heteroatoms. The maximum atomic E-state index is 10.9. The fourth-order valence-electron chi connectivity index (χ4n) is 4.23. The van der Waals surface area contributed by atoms with Crippen molar-refractivity contribution in [2.75, 3.05) is 0 Å². The zero-order valence-electron chi connectivity index (χ0n) is 24.1. The fraction of sp³-hybridized carbons (Fsp3) is 0.0588. The average Bonchev–Trinajstić information content (AvgIpc) is 3.07. The van der Waals surface area contributed by atoms with E-state index in [1.807, 2.05) is 0 Å². The standard InChI is InChI=1S/C34H26N4O8/c39-33-25(5-3-9-31(33)45-21-23-11-15-27(16-12-23)37(41)42)19-35-29-7-1-2-8-30(29)36-20-26-6-4-10-32(34(26)40)46-22-24-13-17-28(18-14-24)38(43)44/h1-20,39-40H,21-22H2. The van der Waals surface area contributed by atoms with E-state index in [0.29, 0.717) is 33.6 Å². The summed E-state index contributed by atoms with van der Waals surface area (Å²) in [5, 5.41) is 43.3. The molecule has 0 aliphatic carbocycles. The predicted molar refractivity (Wildman–Crippen MR) is 172 cm³/mol. The molecule has 0 fully saturated rings. The fourth-order valence-corrected chi connectivity index (χ4v) is 4.23. The quantitative estimate of drug-likeness (QED) is 0.0819. The van der Waals surface area contributed by atoms with Crippen molar-refractivity contribution < 1.29 is 29.5 Å². The SMILES string of the molecule is O=[N+]([O-])c1ccc(COc2cccc(C=Nc3ccccc3N=Cc3cccc(OCc4ccc([N+](=O)[O-])cc4)c3O)c2O)cc1. The van der Waals surface area contributed by atoms with E-state index in [1.165, 1.54) is 36.7 Å². The third-order valence-electron chi connectivity index (χ3n) is 6.71. The van der Waals surface area contributed by atoms with E-state index in [2.05, 4.69) is 9.98 Å². The van der Waals surface area contributed by atoms with Gasteiger partial charge in [-0.3, -0.25) is 30.2 Å². The molecular formula is C34H26N4O8. The second-order valence-electron chi connectivity index (χ2n) is 9.82. The molecule has 46 heavy (non-hydrogen) atoms. The van der Waals surface area contributed by atoms with Crippen molar-refractivity contribution in [2.24, 2.45) is 9.98 Å². The number of phenols is 2. The normalized spacial score (nSPS) is 11.1. The number of benzene rings is 5. The molecular weight excluding hydrogens is 592 g/mol. The zero-order chi connectivity index (χ0) is 32.5. The van der Waals surface area contributed by atoms with E-state index in [4.69, 9.17) is 9.47 Å². The number of hydrogen-bond donors (Lipinski definition) is 2. The molecule has 0 saturated heterocycles. The van der Waals surface area contributed by atoms with Crippen LogP contribution in [0.1, 0.15) is 22.3 Å². The lowest BCUT2D eigenvalue weighted by atomic mass is 10.2. The number of para-hydroxylation sites is 4. The Kier molecular flexibility index (Phi) is 9.58. The molecule has 12 nitrogen and oxygen atoms in total. The Labute approximate surface area is 262 Å². The molecule has 2 N–H and O–H groups in total. The first-order valence-corrected chi connectivity index (χ1v) is 13.8. The van der Waals surface area contributed by atoms with Gasteiger partial charge >= 0.3 is 0 Å². The minimum absolute atomic E-state index is 0.0226. The van der Waals surface area contributed by atoms with Crippen molar-refractivity contribution in [3.05, 3.63) is 152 Å². The third kappa shape index (κ3) is 7.68. The Hall–Kier alpha value is -6.56. The van der Waals surface area contributed by atoms with Crippen molar-refractivity contribution in [1.29, 1.82) is 0 Å². The van der Waals surface area contributed by atoms with E-state index in [-0.39, 0.29) is 47.6 Å². The van der Waals surface area contributed by atoms with Gasteiger partial charge in [0.1, 0.15) is 13.2 Å². The predicted octanol–water partition coefficient (Wildman–Crippen LogP) is 7.57. The summed E-state index contributed by atoms with van der Waals surface area (Å²) in [5.74, 6) is 0.203. The monoisotopic (exact) mass is 618 g/mol. The molecule has 0 aromatic heterocycles. The van der Waals surface area contributed by atoms with E-state index < -0.39 is 9.85 Å². The molecule has 5 aromatic rings. The van der Waals surface area contributed by atoms with Gasteiger partial charge in [-0.1, -0.05) is 24.3 Å². The lowest BCUT2D eigenvalue weighted by molar-refractivity contribution is -0.385. The van der Waals surface area contributed by atoms with Gasteiger partial charge in [0.15, 0.2) is 23.0 Å². The van der Waals surface area contributed by atoms with Crippen LogP contribution in [0.5, 0.6) is 23.0 Å². The highest BCUT2D eigenvalue weighted by Gasteiger charge is 2.11. The van der Waals surface area contributed by atoms with Crippen LogP contribution in [0.25, 0.3) is 0 Å². The smallest absolute Gasteiger partial charge is 0.269 e. The maximum Gasteiger partial charge on any atom is 0.269 e. The van der Waals surface area contributed by atoms with Gasteiger partial charge in [-0.15, -0.1) is 0 Å². The molecule has 0 atom stereocenters. The van der Waals surface area contributed by atoms with E-state index in [9.17, 15) is 30.4 Å². The molecule has 0 unspecified atom stereocenters. The summed E-state index contributed by atoms with van der Waals surface area (Å²) in [4.78, 5) is 29.8. The Morgan fingerprint density at radius 2 is 0.957 bits per heavy atom. The van der Waals surface area contributed by atoms with Crippen LogP contribution in [0.15, 0.2) is 119 Å². The van der Waals surface area contributed by atoms with E-state index >= 15 is 0 Å². The summed E-state index contributed by atoms with van der Waals surface area (Å²) in [5.41, 5.74) is 3.15. The zero-order valence-corrected chi connectivity index (χ0v) is 24.1. The molecule has 0 amide bonds. The molecule has 0 spiro atoms. The highest BCUT2D eigenvalue weighted by atomic mass is 16.6. The van der Waals surface area contributed by atoms with Crippen LogP contribution in [-0.4, -0.2) is 32.5 Å². The number of non-ortho nitro benzene ring substituents is 2. The first-order chi connectivity index (χ1) is 22.3. The average molecular weight is 619 g/mol. The molecule has 230 valence electrons. The van der Waals surface area contributed by atoms with Gasteiger partial charge in [0, 0.05) is 47.8 Å². The Bertz CT molecular complexity index is 1780. The number of rotatable bonds is 12. The minimum Gasteiger partial charge on any atom is -0.504 e. The summed E-state index contributed by atoms with van der Waals surface area (Å²) < 4.78 is 11.5. The number of phenolic OH excluding ortho intramolecular Hbond substituents is 2. The van der Waals surface area contributed by atoms with Gasteiger partial charge in [0.2, 0.25) is 0 Å². The largest absolute Gasteiger partial charge is 0.504 e. The molecule has 0 bridgehead atoms. The summed E-state index contributed by atoms with van der Waals surface area (Å²) in [6.45, 7) is 0.194. The molecule has 5 rings (SSSR count). The third-order valence-corrected chi connectivity index (χ3v) is 6.71. The number of nitro benzene ring substituents is 2. The van der Waals surface area contributed by atoms with Crippen LogP contribution in [0.4, 0.5) is 22.7 Å². The van der Waals surface area contributed by atoms with Crippen molar-refractivity contribution in [3.63, 3.8) is 0 Å². The topological polar surface area (TPSA) is 170 Å². The maximum absolute atomic E-state index is 10.9. The van der Waals surface area contributed by atoms with Gasteiger partial charge in [-0.05, 0) is 71.8 Å². The van der Waals surface area contributed by atoms with Crippen LogP contribution in [0, 0.1) is 20.2 Å². The van der Waals surface area contributed by atoms with Gasteiger partial charge in [-0.25, -0.2) is 0 Å². The van der Waals surface area contributed by atoms with Crippen molar-refractivity contribution in [2.45, 2.75) is 13.2 Å². The molecule has 5 aromatic carbocycles. The van der Waals surface area contributed by atoms with E-state index in [1.54, 1.807) is 84.9 Å². The van der Waals surface area contributed by atoms with Crippen LogP contribution in [0.2, 0.25) is 0 Å². The first-order valence-electron chi connectivity index (χ1n) is 13.8. The number of aromatic hydroxyl groups is 2. The second-order valence-corrected chi connectivity index (χ2v) is 9.82. The van der Waals surface area contributed by atoms with Crippen molar-refractivity contribution >= 4 is 35.2 Å². The lowest BCUT2D eigenvalue weighted by Gasteiger charge is -2.10. The molecule has 0 radical (unpaired) electrons. The summed E-state index contributed by atoms with van der Waals surface area (Å²) in [7, 11) is 0. The van der Waals surface area contributed by atoms with Crippen molar-refractivity contribution in [1.82, 2.24) is 0 Å². The summed E-state index contributed by atoms with van der Waals surface area (Å²) >= 11 is 0. The van der Waals surface area contributed by atoms with Crippen LogP contribution in [0.3, 0.4) is 0 Å². The molecule has 0 heterocycles. The van der Waals surface area contributed by atoms with Crippen LogP contribution < -0.4 is 9.47 Å². The Morgan fingerprint density at radius 3 is 1.33 bits per heavy atom. The Balaban J connectivity index is 1.27. The molecule has 0 aliphatic heterocycles. The van der Waals surface area contributed by atoms with E-state index in [0.717, 1.165) is 0 Å². The molecule has 0 aliphatic rings. The van der Waals surface area contributed by atoms with Crippen LogP contribution >= 0.6 is 0 Å². The van der Waals surface area contributed by atoms with Gasteiger partial charge < -0.3 is 19.7 Å². The number of nitro groups is 2. The van der Waals surface area contributed by atoms with Crippen molar-refractivity contribution in [3.8, 4) is 23.0 Å². The highest BCUT2D eigenvalue weighted by Crippen LogP contribution is 2.33. The number of hydrogen-bond acceptors (Lipinski definition) is 10. The van der Waals surface area contributed by atoms with Crippen LogP contribution in [-0.2, 0) is 13.2 Å². The van der Waals surface area contributed by atoms with Gasteiger partial charge in [0.25, 0.3) is 11.4 Å². The summed E-state index contributed by atoms with van der Waals surface area (Å²) in [6, 6.07) is 28.9. The Morgan fingerprint density at radius 1 is 0.565 bits per heavy atom. The van der Waals surface area contributed by atoms with Gasteiger partial charge in [-0.2, -0.15) is 0 Å². The number of nitrogens with zero attached hydrogens (tertiary/aromatic N) is 4. The number of ether oxygens (including phenoxy) is 2.